The molecule has 0 aliphatic heterocycles. The fraction of sp³-hybridized carbons (Fsp3) is 0.174. The van der Waals surface area contributed by atoms with Crippen molar-refractivity contribution in [3.8, 4) is 11.6 Å². The van der Waals surface area contributed by atoms with Crippen LogP contribution in [-0.4, -0.2) is 25.9 Å². The number of para-hydroxylation sites is 1. The summed E-state index contributed by atoms with van der Waals surface area (Å²) in [4.78, 5) is 15.1. The van der Waals surface area contributed by atoms with Gasteiger partial charge in [-0.3, -0.25) is 9.36 Å². The maximum Gasteiger partial charge on any atom is 0.237 e. The monoisotopic (exact) mass is 450 g/mol. The van der Waals surface area contributed by atoms with E-state index in [9.17, 15) is 4.79 Å². The molecule has 0 fully saturated rings. The zero-order valence-electron chi connectivity index (χ0n) is 17.2. The number of furan rings is 1. The number of hydrogen-bond acceptors (Lipinski definition) is 6. The Hall–Kier alpha value is -2.97. The van der Waals surface area contributed by atoms with Crippen LogP contribution in [0.3, 0.4) is 0 Å². The van der Waals surface area contributed by atoms with E-state index < -0.39 is 0 Å². The second kappa shape index (κ2) is 9.89. The molecule has 31 heavy (non-hydrogen) atoms. The molecule has 1 atom stereocenters. The van der Waals surface area contributed by atoms with Crippen molar-refractivity contribution in [3.05, 3.63) is 73.0 Å². The van der Waals surface area contributed by atoms with E-state index in [0.29, 0.717) is 23.3 Å². The summed E-state index contributed by atoms with van der Waals surface area (Å²) < 4.78 is 7.41. The van der Waals surface area contributed by atoms with Crippen LogP contribution >= 0.6 is 23.5 Å². The van der Waals surface area contributed by atoms with Crippen molar-refractivity contribution in [2.75, 3.05) is 5.32 Å². The number of rotatable bonds is 8. The molecule has 8 heteroatoms. The Bertz CT molecular complexity index is 1140. The van der Waals surface area contributed by atoms with Gasteiger partial charge in [0.2, 0.25) is 5.91 Å². The first-order chi connectivity index (χ1) is 15.2. The van der Waals surface area contributed by atoms with Crippen molar-refractivity contribution in [1.29, 1.82) is 0 Å². The molecule has 2 heterocycles. The molecule has 0 aliphatic rings. The first-order valence-electron chi connectivity index (χ1n) is 9.92. The highest BCUT2D eigenvalue weighted by molar-refractivity contribution is 8.00. The number of amides is 1. The molecular weight excluding hydrogens is 428 g/mol. The van der Waals surface area contributed by atoms with Gasteiger partial charge in [0.1, 0.15) is 0 Å². The zero-order valence-corrected chi connectivity index (χ0v) is 18.8. The fourth-order valence-electron chi connectivity index (χ4n) is 2.97. The van der Waals surface area contributed by atoms with Crippen LogP contribution in [0, 0.1) is 0 Å². The molecule has 4 aromatic rings. The van der Waals surface area contributed by atoms with Gasteiger partial charge in [-0.05, 0) is 50.2 Å². The van der Waals surface area contributed by atoms with Crippen LogP contribution in [0.1, 0.15) is 13.8 Å². The van der Waals surface area contributed by atoms with Gasteiger partial charge >= 0.3 is 0 Å². The number of aromatic nitrogens is 3. The van der Waals surface area contributed by atoms with E-state index in [1.165, 1.54) is 11.8 Å². The molecule has 0 radical (unpaired) electrons. The van der Waals surface area contributed by atoms with E-state index in [2.05, 4.69) is 27.6 Å². The lowest BCUT2D eigenvalue weighted by Gasteiger charge is -2.15. The van der Waals surface area contributed by atoms with Crippen molar-refractivity contribution >= 4 is 35.1 Å². The van der Waals surface area contributed by atoms with Crippen LogP contribution in [0.4, 0.5) is 5.69 Å². The van der Waals surface area contributed by atoms with Crippen molar-refractivity contribution in [3.63, 3.8) is 0 Å². The highest BCUT2D eigenvalue weighted by Gasteiger charge is 2.22. The topological polar surface area (TPSA) is 73.0 Å². The maximum absolute atomic E-state index is 12.9. The number of nitrogens with one attached hydrogen (secondary N) is 1. The summed E-state index contributed by atoms with van der Waals surface area (Å²) in [6, 6.07) is 21.6. The van der Waals surface area contributed by atoms with Crippen LogP contribution in [0.5, 0.6) is 0 Å². The van der Waals surface area contributed by atoms with Gasteiger partial charge in [0, 0.05) is 16.3 Å². The number of nitrogens with zero attached hydrogens (tertiary/aromatic N) is 3. The van der Waals surface area contributed by atoms with Gasteiger partial charge in [0.15, 0.2) is 16.7 Å². The zero-order chi connectivity index (χ0) is 21.6. The van der Waals surface area contributed by atoms with E-state index >= 15 is 0 Å². The summed E-state index contributed by atoms with van der Waals surface area (Å²) in [5.74, 6) is 1.23. The molecule has 1 unspecified atom stereocenters. The van der Waals surface area contributed by atoms with Crippen molar-refractivity contribution < 1.29 is 9.21 Å². The second-order valence-corrected chi connectivity index (χ2v) is 9.11. The Labute approximate surface area is 189 Å². The Morgan fingerprint density at radius 3 is 2.58 bits per heavy atom. The van der Waals surface area contributed by atoms with Crippen LogP contribution in [-0.2, 0) is 11.3 Å². The van der Waals surface area contributed by atoms with E-state index in [0.717, 1.165) is 15.5 Å². The molecule has 0 aliphatic carbocycles. The minimum Gasteiger partial charge on any atom is -0.461 e. The molecule has 1 amide bonds. The SMILES string of the molecule is CCn1c(SC(C)C(=O)Nc2ccccc2Sc2ccccc2)nnc1-c1ccco1. The Morgan fingerprint density at radius 2 is 1.84 bits per heavy atom. The second-order valence-electron chi connectivity index (χ2n) is 6.69. The average molecular weight is 451 g/mol. The van der Waals surface area contributed by atoms with Gasteiger partial charge in [-0.1, -0.05) is 53.9 Å². The molecule has 158 valence electrons. The van der Waals surface area contributed by atoms with Crippen LogP contribution in [0.15, 0.2) is 92.4 Å². The van der Waals surface area contributed by atoms with Crippen LogP contribution < -0.4 is 5.32 Å². The van der Waals surface area contributed by atoms with Gasteiger partial charge in [-0.25, -0.2) is 0 Å². The summed E-state index contributed by atoms with van der Waals surface area (Å²) in [7, 11) is 0. The summed E-state index contributed by atoms with van der Waals surface area (Å²) in [6.07, 6.45) is 1.61. The molecule has 2 aromatic heterocycles. The number of thioether (sulfide) groups is 1. The van der Waals surface area contributed by atoms with Gasteiger partial charge in [0.05, 0.1) is 17.2 Å². The Morgan fingerprint density at radius 1 is 1.06 bits per heavy atom. The largest absolute Gasteiger partial charge is 0.461 e. The minimum absolute atomic E-state index is 0.0867. The summed E-state index contributed by atoms with van der Waals surface area (Å²) >= 11 is 3.00. The molecule has 1 N–H and O–H groups in total. The highest BCUT2D eigenvalue weighted by atomic mass is 32.2. The third-order valence-electron chi connectivity index (χ3n) is 4.54. The third-order valence-corrected chi connectivity index (χ3v) is 6.71. The number of benzene rings is 2. The maximum atomic E-state index is 12.9. The van der Waals surface area contributed by atoms with Crippen LogP contribution in [0.2, 0.25) is 0 Å². The molecular formula is C23H22N4O2S2. The lowest BCUT2D eigenvalue weighted by molar-refractivity contribution is -0.115. The predicted octanol–water partition coefficient (Wildman–Crippen LogP) is 5.83. The predicted molar refractivity (Wildman–Crippen MR) is 124 cm³/mol. The minimum atomic E-state index is -0.353. The fourth-order valence-corrected chi connectivity index (χ4v) is 4.81. The molecule has 0 bridgehead atoms. The van der Waals surface area contributed by atoms with Gasteiger partial charge in [0.25, 0.3) is 0 Å². The Balaban J connectivity index is 1.47. The number of carbonyl (C=O) groups is 1. The van der Waals surface area contributed by atoms with E-state index in [-0.39, 0.29) is 11.2 Å². The lowest BCUT2D eigenvalue weighted by Crippen LogP contribution is -2.23. The first kappa shape index (κ1) is 21.3. The standard InChI is InChI=1S/C23H22N4O2S2/c1-3-27-21(19-13-9-15-29-19)25-26-23(27)30-16(2)22(28)24-18-12-7-8-14-20(18)31-17-10-5-4-6-11-17/h4-16H,3H2,1-2H3,(H,24,28). The molecule has 0 saturated heterocycles. The normalized spacial score (nSPS) is 11.9. The molecule has 0 saturated carbocycles. The van der Waals surface area contributed by atoms with Crippen molar-refractivity contribution in [2.45, 2.75) is 40.6 Å². The third kappa shape index (κ3) is 5.03. The molecule has 4 rings (SSSR count). The molecule has 2 aromatic carbocycles. The van der Waals surface area contributed by atoms with Crippen molar-refractivity contribution in [2.24, 2.45) is 0 Å². The first-order valence-corrected chi connectivity index (χ1v) is 11.6. The van der Waals surface area contributed by atoms with Gasteiger partial charge < -0.3 is 9.73 Å². The van der Waals surface area contributed by atoms with Crippen molar-refractivity contribution in [1.82, 2.24) is 14.8 Å². The van der Waals surface area contributed by atoms with Gasteiger partial charge in [-0.2, -0.15) is 0 Å². The highest BCUT2D eigenvalue weighted by Crippen LogP contribution is 2.34. The van der Waals surface area contributed by atoms with Gasteiger partial charge in [-0.15, -0.1) is 10.2 Å². The molecule has 0 spiro atoms. The van der Waals surface area contributed by atoms with Crippen LogP contribution in [0.25, 0.3) is 11.6 Å². The van der Waals surface area contributed by atoms with E-state index in [4.69, 9.17) is 4.42 Å². The summed E-state index contributed by atoms with van der Waals surface area (Å²) in [6.45, 7) is 4.56. The smallest absolute Gasteiger partial charge is 0.237 e. The number of hydrogen-bond donors (Lipinski definition) is 1. The quantitative estimate of drug-likeness (QED) is 0.341. The lowest BCUT2D eigenvalue weighted by atomic mass is 10.3. The summed E-state index contributed by atoms with van der Waals surface area (Å²) in [5, 5.41) is 11.9. The van der Waals surface area contributed by atoms with E-state index in [1.54, 1.807) is 18.0 Å². The Kier molecular flexibility index (Phi) is 6.79. The number of carbonyl (C=O) groups excluding carboxylic acids is 1. The number of anilines is 1. The summed E-state index contributed by atoms with van der Waals surface area (Å²) in [5.41, 5.74) is 0.794. The molecule has 6 nitrogen and oxygen atoms in total. The van der Waals surface area contributed by atoms with E-state index in [1.807, 2.05) is 73.0 Å². The average Bonchev–Trinajstić information content (AvgIpc) is 3.45.